The number of hydrogen-bond donors (Lipinski definition) is 0. The number of hydrogen-bond acceptors (Lipinski definition) is 4. The number of benzene rings is 2. The molecule has 3 rings (SSSR count). The van der Waals surface area contributed by atoms with Gasteiger partial charge in [-0.25, -0.2) is 0 Å². The molecule has 0 saturated heterocycles. The molecule has 1 heterocycles. The van der Waals surface area contributed by atoms with E-state index in [0.29, 0.717) is 11.1 Å². The number of ether oxygens (including phenoxy) is 1. The minimum absolute atomic E-state index is 0.0246. The van der Waals surface area contributed by atoms with Crippen molar-refractivity contribution in [2.24, 2.45) is 4.40 Å². The van der Waals surface area contributed by atoms with Gasteiger partial charge in [0.05, 0.1) is 11.6 Å². The third kappa shape index (κ3) is 2.39. The second kappa shape index (κ2) is 4.72. The van der Waals surface area contributed by atoms with Gasteiger partial charge < -0.3 is 4.74 Å². The van der Waals surface area contributed by atoms with E-state index >= 15 is 0 Å². The van der Waals surface area contributed by atoms with Crippen LogP contribution in [0.3, 0.4) is 0 Å². The number of fused-ring (bicyclic) bond motifs is 1. The third-order valence-corrected chi connectivity index (χ3v) is 4.31. The summed E-state index contributed by atoms with van der Waals surface area (Å²) < 4.78 is 33.7. The Bertz CT molecular complexity index is 909. The number of rotatable bonds is 1. The molecular formula is C15H10N2O3S. The van der Waals surface area contributed by atoms with E-state index in [1.165, 1.54) is 12.1 Å². The molecule has 0 unspecified atom stereocenters. The van der Waals surface area contributed by atoms with Crippen LogP contribution in [0.1, 0.15) is 16.7 Å². The second-order valence-corrected chi connectivity index (χ2v) is 6.19. The van der Waals surface area contributed by atoms with Crippen molar-refractivity contribution in [2.45, 2.75) is 11.8 Å². The summed E-state index contributed by atoms with van der Waals surface area (Å²) in [5.74, 6) is 0.219. The van der Waals surface area contributed by atoms with E-state index in [9.17, 15) is 8.42 Å². The third-order valence-electron chi connectivity index (χ3n) is 3.03. The van der Waals surface area contributed by atoms with Crippen molar-refractivity contribution < 1.29 is 13.2 Å². The summed E-state index contributed by atoms with van der Waals surface area (Å²) in [7, 11) is -3.80. The Morgan fingerprint density at radius 1 is 1.19 bits per heavy atom. The van der Waals surface area contributed by atoms with Gasteiger partial charge in [-0.2, -0.15) is 13.7 Å². The summed E-state index contributed by atoms with van der Waals surface area (Å²) in [6.45, 7) is 1.80. The van der Waals surface area contributed by atoms with Crippen molar-refractivity contribution in [3.8, 4) is 11.8 Å². The van der Waals surface area contributed by atoms with E-state index in [1.54, 1.807) is 37.3 Å². The molecule has 5 nitrogen and oxygen atoms in total. The lowest BCUT2D eigenvalue weighted by Gasteiger charge is -2.17. The van der Waals surface area contributed by atoms with Crippen LogP contribution in [0, 0.1) is 18.3 Å². The molecule has 0 spiro atoms. The lowest BCUT2D eigenvalue weighted by atomic mass is 10.1. The van der Waals surface area contributed by atoms with Crippen LogP contribution in [0.25, 0.3) is 0 Å². The van der Waals surface area contributed by atoms with E-state index in [-0.39, 0.29) is 16.5 Å². The van der Waals surface area contributed by atoms with Gasteiger partial charge in [0, 0.05) is 5.56 Å². The first-order valence-electron chi connectivity index (χ1n) is 6.13. The molecule has 104 valence electrons. The molecule has 6 heteroatoms. The quantitative estimate of drug-likeness (QED) is 0.809. The predicted octanol–water partition coefficient (Wildman–Crippen LogP) is 2.39. The molecule has 0 aliphatic carbocycles. The van der Waals surface area contributed by atoms with Gasteiger partial charge in [0.2, 0.25) is 5.90 Å². The average Bonchev–Trinajstić information content (AvgIpc) is 2.47. The summed E-state index contributed by atoms with van der Waals surface area (Å²) in [5.41, 5.74) is 1.67. The van der Waals surface area contributed by atoms with Gasteiger partial charge >= 0.3 is 0 Å². The first kappa shape index (κ1) is 13.3. The molecule has 0 aromatic heterocycles. The maximum absolute atomic E-state index is 12.2. The number of sulfonamides is 1. The van der Waals surface area contributed by atoms with Crippen molar-refractivity contribution >= 4 is 15.9 Å². The fourth-order valence-corrected chi connectivity index (χ4v) is 3.17. The smallest absolute Gasteiger partial charge is 0.289 e. The number of nitriles is 1. The fourth-order valence-electron chi connectivity index (χ4n) is 2.02. The van der Waals surface area contributed by atoms with Crippen LogP contribution in [0.15, 0.2) is 51.8 Å². The highest BCUT2D eigenvalue weighted by atomic mass is 32.2. The van der Waals surface area contributed by atoms with Crippen LogP contribution in [0.2, 0.25) is 0 Å². The lowest BCUT2D eigenvalue weighted by Crippen LogP contribution is -2.20. The Balaban J connectivity index is 2.14. The molecule has 21 heavy (non-hydrogen) atoms. The summed E-state index contributed by atoms with van der Waals surface area (Å²) in [6.07, 6.45) is 0. The van der Waals surface area contributed by atoms with Gasteiger partial charge in [-0.15, -0.1) is 4.40 Å². The largest absolute Gasteiger partial charge is 0.436 e. The summed E-state index contributed by atoms with van der Waals surface area (Å²) in [5, 5.41) is 8.90. The van der Waals surface area contributed by atoms with Gasteiger partial charge in [-0.05, 0) is 42.8 Å². The zero-order chi connectivity index (χ0) is 15.0. The van der Waals surface area contributed by atoms with Crippen molar-refractivity contribution in [1.29, 1.82) is 5.26 Å². The Morgan fingerprint density at radius 2 is 2.00 bits per heavy atom. The van der Waals surface area contributed by atoms with Crippen LogP contribution < -0.4 is 4.74 Å². The molecule has 0 fully saturated rings. The van der Waals surface area contributed by atoms with Crippen LogP contribution in [0.4, 0.5) is 0 Å². The van der Waals surface area contributed by atoms with E-state index in [0.717, 1.165) is 5.56 Å². The van der Waals surface area contributed by atoms with Gasteiger partial charge in [0.1, 0.15) is 10.6 Å². The van der Waals surface area contributed by atoms with Gasteiger partial charge in [0.15, 0.2) is 0 Å². The fraction of sp³-hybridized carbons (Fsp3) is 0.0667. The normalized spacial score (nSPS) is 15.3. The van der Waals surface area contributed by atoms with Gasteiger partial charge in [-0.3, -0.25) is 0 Å². The van der Waals surface area contributed by atoms with Crippen molar-refractivity contribution in [3.63, 3.8) is 0 Å². The maximum atomic E-state index is 12.2. The molecule has 2 aromatic rings. The number of nitrogens with zero attached hydrogens (tertiary/aromatic N) is 2. The van der Waals surface area contributed by atoms with Crippen LogP contribution in [0.5, 0.6) is 5.75 Å². The van der Waals surface area contributed by atoms with E-state index in [1.807, 2.05) is 6.07 Å². The highest BCUT2D eigenvalue weighted by Gasteiger charge is 2.27. The van der Waals surface area contributed by atoms with E-state index in [2.05, 4.69) is 4.40 Å². The summed E-state index contributed by atoms with van der Waals surface area (Å²) in [6, 6.07) is 13.3. The van der Waals surface area contributed by atoms with Crippen LogP contribution in [-0.4, -0.2) is 14.3 Å². The average molecular weight is 298 g/mol. The zero-order valence-electron chi connectivity index (χ0n) is 11.1. The highest BCUT2D eigenvalue weighted by Crippen LogP contribution is 2.31. The van der Waals surface area contributed by atoms with Crippen molar-refractivity contribution in [1.82, 2.24) is 0 Å². The lowest BCUT2D eigenvalue weighted by molar-refractivity contribution is 0.518. The summed E-state index contributed by atoms with van der Waals surface area (Å²) >= 11 is 0. The molecular weight excluding hydrogens is 288 g/mol. The molecule has 0 bridgehead atoms. The topological polar surface area (TPSA) is 79.5 Å². The van der Waals surface area contributed by atoms with E-state index in [4.69, 9.17) is 10.00 Å². The highest BCUT2D eigenvalue weighted by molar-refractivity contribution is 7.90. The molecule has 0 atom stereocenters. The maximum Gasteiger partial charge on any atom is 0.289 e. The zero-order valence-corrected chi connectivity index (χ0v) is 11.9. The van der Waals surface area contributed by atoms with E-state index < -0.39 is 10.0 Å². The van der Waals surface area contributed by atoms with Crippen LogP contribution >= 0.6 is 0 Å². The van der Waals surface area contributed by atoms with Crippen LogP contribution in [-0.2, 0) is 10.0 Å². The summed E-state index contributed by atoms with van der Waals surface area (Å²) in [4.78, 5) is 0.0580. The molecule has 1 aliphatic heterocycles. The molecule has 2 aromatic carbocycles. The monoisotopic (exact) mass is 298 g/mol. The number of aryl methyl sites for hydroxylation is 1. The molecule has 0 amide bonds. The first-order chi connectivity index (χ1) is 9.99. The van der Waals surface area contributed by atoms with Gasteiger partial charge in [-0.1, -0.05) is 12.1 Å². The minimum Gasteiger partial charge on any atom is -0.436 e. The standard InChI is InChI=1S/C15H10N2O3S/c1-10-5-6-13-14(7-10)21(18,19)17-15(20-13)12-4-2-3-11(8-12)9-16/h2-8H,1H3. The Hall–Kier alpha value is -2.65. The van der Waals surface area contributed by atoms with Crippen molar-refractivity contribution in [2.75, 3.05) is 0 Å². The van der Waals surface area contributed by atoms with Crippen molar-refractivity contribution in [3.05, 3.63) is 59.2 Å². The SMILES string of the molecule is Cc1ccc2c(c1)S(=O)(=O)N=C(c1cccc(C#N)c1)O2. The predicted molar refractivity (Wildman–Crippen MR) is 76.7 cm³/mol. The molecule has 0 saturated carbocycles. The first-order valence-corrected chi connectivity index (χ1v) is 7.57. The minimum atomic E-state index is -3.80. The Morgan fingerprint density at radius 3 is 2.76 bits per heavy atom. The Kier molecular flexibility index (Phi) is 3.00. The molecule has 0 radical (unpaired) electrons. The Labute approximate surface area is 122 Å². The molecule has 1 aliphatic rings. The van der Waals surface area contributed by atoms with Gasteiger partial charge in [0.25, 0.3) is 10.0 Å². The second-order valence-electron chi connectivity index (χ2n) is 4.62. The molecule has 0 N–H and O–H groups in total.